The molecule has 1 aromatic carbocycles. The van der Waals surface area contributed by atoms with E-state index >= 15 is 0 Å². The maximum atomic E-state index is 11.1. The Hall–Kier alpha value is -0.670. The summed E-state index contributed by atoms with van der Waals surface area (Å²) in [4.78, 5) is 0.869. The zero-order chi connectivity index (χ0) is 9.84. The van der Waals surface area contributed by atoms with Gasteiger partial charge in [0.1, 0.15) is 0 Å². The predicted molar refractivity (Wildman–Crippen MR) is 56.1 cm³/mol. The van der Waals surface area contributed by atoms with Gasteiger partial charge in [0.05, 0.1) is 0 Å². The second-order valence-corrected chi connectivity index (χ2v) is 4.66. The molecule has 0 spiro atoms. The Labute approximate surface area is 81.6 Å². The number of rotatable bonds is 3. The van der Waals surface area contributed by atoms with Gasteiger partial charge in [-0.25, -0.2) is 0 Å². The summed E-state index contributed by atoms with van der Waals surface area (Å²) in [5, 5.41) is 0. The van der Waals surface area contributed by atoms with E-state index < -0.39 is 10.8 Å². The molecule has 0 saturated heterocycles. The second kappa shape index (κ2) is 4.53. The van der Waals surface area contributed by atoms with Crippen molar-refractivity contribution in [3.05, 3.63) is 29.8 Å². The van der Waals surface area contributed by atoms with Gasteiger partial charge in [0.15, 0.2) is 0 Å². The molecule has 3 heteroatoms. The van der Waals surface area contributed by atoms with Crippen molar-refractivity contribution in [2.75, 3.05) is 6.26 Å². The van der Waals surface area contributed by atoms with Crippen molar-refractivity contribution in [1.82, 2.24) is 0 Å². The van der Waals surface area contributed by atoms with Gasteiger partial charge in [0, 0.05) is 28.0 Å². The second-order valence-electron chi connectivity index (χ2n) is 3.28. The maximum Gasteiger partial charge on any atom is 0.0498 e. The first-order valence-electron chi connectivity index (χ1n) is 4.27. The molecule has 0 aliphatic rings. The van der Waals surface area contributed by atoms with E-state index in [1.807, 2.05) is 31.2 Å². The molecule has 13 heavy (non-hydrogen) atoms. The van der Waals surface area contributed by atoms with Crippen molar-refractivity contribution in [2.45, 2.75) is 24.3 Å². The van der Waals surface area contributed by atoms with Crippen molar-refractivity contribution in [3.8, 4) is 0 Å². The molecule has 0 aliphatic heterocycles. The summed E-state index contributed by atoms with van der Waals surface area (Å²) >= 11 is 0. The lowest BCUT2D eigenvalue weighted by Gasteiger charge is -2.05. The number of hydrogen-bond donors (Lipinski definition) is 1. The topological polar surface area (TPSA) is 43.1 Å². The molecule has 0 heterocycles. The zero-order valence-corrected chi connectivity index (χ0v) is 8.80. The average Bonchev–Trinajstić information content (AvgIpc) is 2.04. The maximum absolute atomic E-state index is 11.1. The van der Waals surface area contributed by atoms with Crippen LogP contribution in [0.2, 0.25) is 0 Å². The van der Waals surface area contributed by atoms with Crippen LogP contribution in [0.15, 0.2) is 29.2 Å². The molecule has 0 fully saturated rings. The van der Waals surface area contributed by atoms with Crippen LogP contribution in [0.4, 0.5) is 0 Å². The molecule has 2 atom stereocenters. The summed E-state index contributed by atoms with van der Waals surface area (Å²) in [6.45, 7) is 1.98. The number of nitrogens with two attached hydrogens (primary N) is 1. The van der Waals surface area contributed by atoms with Crippen molar-refractivity contribution < 1.29 is 4.21 Å². The lowest BCUT2D eigenvalue weighted by atomic mass is 10.1. The molecule has 1 unspecified atom stereocenters. The van der Waals surface area contributed by atoms with Crippen LogP contribution >= 0.6 is 0 Å². The molecular formula is C10H15NOS. The van der Waals surface area contributed by atoms with Crippen LogP contribution in [0.25, 0.3) is 0 Å². The van der Waals surface area contributed by atoms with Gasteiger partial charge >= 0.3 is 0 Å². The van der Waals surface area contributed by atoms with Crippen LogP contribution in [0.1, 0.15) is 12.5 Å². The number of benzene rings is 1. The molecule has 2 N–H and O–H groups in total. The normalized spacial score (nSPS) is 15.3. The molecule has 1 rings (SSSR count). The Bertz CT molecular complexity index is 292. The quantitative estimate of drug-likeness (QED) is 0.794. The van der Waals surface area contributed by atoms with Gasteiger partial charge in [-0.15, -0.1) is 0 Å². The minimum Gasteiger partial charge on any atom is -0.328 e. The molecule has 0 aromatic heterocycles. The molecule has 0 saturated carbocycles. The first kappa shape index (κ1) is 10.4. The standard InChI is InChI=1S/C10H15NOS/c1-8(11)7-9-3-5-10(6-4-9)13(2)12/h3-6,8H,7,11H2,1-2H3/t8-,13?/m0/s1. The summed E-state index contributed by atoms with van der Waals surface area (Å²) in [7, 11) is -0.881. The van der Waals surface area contributed by atoms with Crippen LogP contribution < -0.4 is 5.73 Å². The smallest absolute Gasteiger partial charge is 0.0498 e. The Morgan fingerprint density at radius 3 is 2.31 bits per heavy atom. The van der Waals surface area contributed by atoms with Crippen LogP contribution in [0.3, 0.4) is 0 Å². The minimum absolute atomic E-state index is 0.179. The monoisotopic (exact) mass is 197 g/mol. The predicted octanol–water partition coefficient (Wildman–Crippen LogP) is 1.31. The van der Waals surface area contributed by atoms with Crippen molar-refractivity contribution >= 4 is 10.8 Å². The van der Waals surface area contributed by atoms with Crippen LogP contribution in [0.5, 0.6) is 0 Å². The van der Waals surface area contributed by atoms with Crippen molar-refractivity contribution in [1.29, 1.82) is 0 Å². The van der Waals surface area contributed by atoms with E-state index in [1.54, 1.807) is 6.26 Å². The first-order chi connectivity index (χ1) is 6.09. The van der Waals surface area contributed by atoms with Gasteiger partial charge in [-0.2, -0.15) is 0 Å². The van der Waals surface area contributed by atoms with E-state index in [1.165, 1.54) is 5.56 Å². The van der Waals surface area contributed by atoms with Gasteiger partial charge in [0.25, 0.3) is 0 Å². The van der Waals surface area contributed by atoms with Crippen LogP contribution in [-0.4, -0.2) is 16.5 Å². The summed E-state index contributed by atoms with van der Waals surface area (Å²) in [6.07, 6.45) is 2.55. The fourth-order valence-corrected chi connectivity index (χ4v) is 1.71. The molecule has 0 amide bonds. The van der Waals surface area contributed by atoms with Gasteiger partial charge < -0.3 is 5.73 Å². The van der Waals surface area contributed by atoms with Crippen molar-refractivity contribution in [2.24, 2.45) is 5.73 Å². The molecular weight excluding hydrogens is 182 g/mol. The zero-order valence-electron chi connectivity index (χ0n) is 7.99. The first-order valence-corrected chi connectivity index (χ1v) is 5.83. The van der Waals surface area contributed by atoms with Gasteiger partial charge in [-0.1, -0.05) is 12.1 Å². The largest absolute Gasteiger partial charge is 0.328 e. The van der Waals surface area contributed by atoms with E-state index in [2.05, 4.69) is 0 Å². The fraction of sp³-hybridized carbons (Fsp3) is 0.400. The highest BCUT2D eigenvalue weighted by Crippen LogP contribution is 2.08. The minimum atomic E-state index is -0.881. The third-order valence-electron chi connectivity index (χ3n) is 1.81. The summed E-state index contributed by atoms with van der Waals surface area (Å²) < 4.78 is 11.1. The van der Waals surface area contributed by atoms with E-state index in [0.717, 1.165) is 11.3 Å². The van der Waals surface area contributed by atoms with Gasteiger partial charge in [0.2, 0.25) is 0 Å². The lowest BCUT2D eigenvalue weighted by molar-refractivity contribution is 0.686. The number of hydrogen-bond acceptors (Lipinski definition) is 2. The summed E-state index contributed by atoms with van der Waals surface area (Å²) in [6, 6.07) is 7.94. The molecule has 1 aromatic rings. The highest BCUT2D eigenvalue weighted by Gasteiger charge is 1.99. The molecule has 0 aliphatic carbocycles. The Kier molecular flexibility index (Phi) is 3.63. The summed E-state index contributed by atoms with van der Waals surface area (Å²) in [5.74, 6) is 0. The lowest BCUT2D eigenvalue weighted by Crippen LogP contribution is -2.17. The molecule has 72 valence electrons. The van der Waals surface area contributed by atoms with E-state index in [9.17, 15) is 4.21 Å². The molecule has 0 bridgehead atoms. The Balaban J connectivity index is 2.75. The van der Waals surface area contributed by atoms with Crippen LogP contribution in [0, 0.1) is 0 Å². The van der Waals surface area contributed by atoms with E-state index in [-0.39, 0.29) is 6.04 Å². The molecule has 2 nitrogen and oxygen atoms in total. The van der Waals surface area contributed by atoms with Crippen molar-refractivity contribution in [3.63, 3.8) is 0 Å². The Morgan fingerprint density at radius 2 is 1.92 bits per heavy atom. The SMILES string of the molecule is C[C@H](N)Cc1ccc(S(C)=O)cc1. The highest BCUT2D eigenvalue weighted by molar-refractivity contribution is 7.84. The molecule has 0 radical (unpaired) electrons. The third kappa shape index (κ3) is 3.28. The summed E-state index contributed by atoms with van der Waals surface area (Å²) in [5.41, 5.74) is 6.86. The van der Waals surface area contributed by atoms with E-state index in [0.29, 0.717) is 0 Å². The van der Waals surface area contributed by atoms with Gasteiger partial charge in [-0.3, -0.25) is 4.21 Å². The average molecular weight is 197 g/mol. The van der Waals surface area contributed by atoms with Gasteiger partial charge in [-0.05, 0) is 31.0 Å². The fourth-order valence-electron chi connectivity index (χ4n) is 1.19. The highest BCUT2D eigenvalue weighted by atomic mass is 32.2. The third-order valence-corrected chi connectivity index (χ3v) is 2.75. The van der Waals surface area contributed by atoms with Crippen LogP contribution in [-0.2, 0) is 17.2 Å². The van der Waals surface area contributed by atoms with E-state index in [4.69, 9.17) is 5.73 Å². The Morgan fingerprint density at radius 1 is 1.38 bits per heavy atom.